The summed E-state index contributed by atoms with van der Waals surface area (Å²) in [6, 6.07) is 16.5. The fourth-order valence-corrected chi connectivity index (χ4v) is 9.27. The van der Waals surface area contributed by atoms with Gasteiger partial charge in [-0.25, -0.2) is 0 Å². The van der Waals surface area contributed by atoms with Crippen LogP contribution in [0.3, 0.4) is 0 Å². The van der Waals surface area contributed by atoms with Gasteiger partial charge in [0.1, 0.15) is 17.9 Å². The first-order chi connectivity index (χ1) is 27.2. The molecule has 1 unspecified atom stereocenters. The molecule has 2 aromatic carbocycles. The van der Waals surface area contributed by atoms with Crippen LogP contribution in [0, 0.1) is 17.2 Å². The number of nitrogens with zero attached hydrogens (tertiary/aromatic N) is 6. The molecule has 4 aliphatic heterocycles. The Morgan fingerprint density at radius 2 is 1.70 bits per heavy atom. The minimum Gasteiger partial charge on any atom is -0.490 e. The van der Waals surface area contributed by atoms with E-state index in [1.807, 2.05) is 12.1 Å². The highest BCUT2D eigenvalue weighted by atomic mass is 35.5. The van der Waals surface area contributed by atoms with Crippen molar-refractivity contribution in [2.45, 2.75) is 94.9 Å². The summed E-state index contributed by atoms with van der Waals surface area (Å²) in [5.41, 5.74) is 3.65. The zero-order valence-electron chi connectivity index (χ0n) is 31.4. The van der Waals surface area contributed by atoms with Gasteiger partial charge in [0.25, 0.3) is 11.8 Å². The fourth-order valence-electron chi connectivity index (χ4n) is 9.06. The van der Waals surface area contributed by atoms with E-state index in [9.17, 15) is 19.2 Å². The number of piperidine rings is 3. The summed E-state index contributed by atoms with van der Waals surface area (Å²) in [7, 11) is 0. The van der Waals surface area contributed by atoms with E-state index in [4.69, 9.17) is 21.6 Å². The number of ether oxygens (including phenoxy) is 1. The van der Waals surface area contributed by atoms with E-state index in [0.29, 0.717) is 52.4 Å². The van der Waals surface area contributed by atoms with Crippen LogP contribution in [0.5, 0.6) is 5.75 Å². The Bertz CT molecular complexity index is 2010. The molecule has 0 spiro atoms. The predicted molar refractivity (Wildman–Crippen MR) is 208 cm³/mol. The molecule has 1 atom stereocenters. The quantitative estimate of drug-likeness (QED) is 0.284. The zero-order valence-corrected chi connectivity index (χ0v) is 32.2. The van der Waals surface area contributed by atoms with Gasteiger partial charge >= 0.3 is 0 Å². The van der Waals surface area contributed by atoms with Gasteiger partial charge in [0.2, 0.25) is 11.8 Å². The molecule has 2 N–H and O–H groups in total. The Morgan fingerprint density at radius 3 is 2.39 bits per heavy atom. The molecule has 0 bridgehead atoms. The van der Waals surface area contributed by atoms with Gasteiger partial charge in [0, 0.05) is 50.3 Å². The van der Waals surface area contributed by atoms with Gasteiger partial charge in [0.15, 0.2) is 11.5 Å². The summed E-state index contributed by atoms with van der Waals surface area (Å²) >= 11 is 6.15. The van der Waals surface area contributed by atoms with Gasteiger partial charge in [-0.3, -0.25) is 24.5 Å². The third-order valence-corrected chi connectivity index (χ3v) is 12.6. The molecule has 4 amide bonds. The highest BCUT2D eigenvalue weighted by molar-refractivity contribution is 6.31. The Hall–Kier alpha value is -5.06. The number of amides is 4. The molecule has 56 heavy (non-hydrogen) atoms. The van der Waals surface area contributed by atoms with Crippen molar-refractivity contribution in [3.05, 3.63) is 81.5 Å². The van der Waals surface area contributed by atoms with Crippen LogP contribution in [0.25, 0.3) is 0 Å². The highest BCUT2D eigenvalue weighted by Crippen LogP contribution is 2.35. The highest BCUT2D eigenvalue weighted by Gasteiger charge is 2.39. The molecule has 4 fully saturated rings. The molecule has 5 aliphatic rings. The van der Waals surface area contributed by atoms with Crippen LogP contribution in [0.4, 0.5) is 5.82 Å². The number of benzene rings is 2. The molecule has 1 aromatic heterocycles. The molecule has 292 valence electrons. The molecular weight excluding hydrogens is 732 g/mol. The number of aromatic nitrogens is 2. The van der Waals surface area contributed by atoms with Gasteiger partial charge in [-0.05, 0) is 124 Å². The zero-order chi connectivity index (χ0) is 38.8. The second-order valence-corrected chi connectivity index (χ2v) is 16.3. The molecule has 5 heterocycles. The van der Waals surface area contributed by atoms with Crippen molar-refractivity contribution in [2.24, 2.45) is 5.92 Å². The largest absolute Gasteiger partial charge is 0.490 e. The fraction of sp³-hybridized carbons (Fsp3) is 0.500. The Kier molecular flexibility index (Phi) is 11.2. The summed E-state index contributed by atoms with van der Waals surface area (Å²) in [6.07, 6.45) is 8.16. The van der Waals surface area contributed by atoms with E-state index in [0.717, 1.165) is 95.5 Å². The number of imide groups is 1. The number of hydrogen-bond donors (Lipinski definition) is 2. The monoisotopic (exact) mass is 778 g/mol. The molecule has 1 aliphatic carbocycles. The second kappa shape index (κ2) is 16.6. The number of nitrogens with one attached hydrogen (secondary N) is 2. The Labute approximate surface area is 331 Å². The molecule has 3 aromatic rings. The van der Waals surface area contributed by atoms with E-state index in [2.05, 4.69) is 48.8 Å². The molecule has 0 radical (unpaired) electrons. The normalized spacial score (nSPS) is 23.7. The third-order valence-electron chi connectivity index (χ3n) is 12.3. The lowest BCUT2D eigenvalue weighted by Gasteiger charge is -2.38. The van der Waals surface area contributed by atoms with E-state index in [1.165, 1.54) is 5.56 Å². The summed E-state index contributed by atoms with van der Waals surface area (Å²) in [4.78, 5) is 56.7. The van der Waals surface area contributed by atoms with E-state index >= 15 is 0 Å². The standard InChI is InChI=1S/C42H47ClN8O5/c43-35-22-33(5-1-29(35)23-44)56-32-6-3-31(4-7-32)45-40(53)36-9-11-38(48-47-36)50-19-13-26(14-20-50)24-49-17-15-27(16-18-49)28-2-8-34-30(21-28)25-51(42(34)55)37-10-12-39(52)46-41(37)54/h1-2,5,8-9,11,21-22,26-27,31-32,37H,3-4,6-7,10,12-20,24-25H2,(H,45,53)(H,46,52,54)/t31-,32-,37?. The summed E-state index contributed by atoms with van der Waals surface area (Å²) in [5, 5.41) is 23.7. The van der Waals surface area contributed by atoms with Crippen LogP contribution in [0.2, 0.25) is 5.02 Å². The van der Waals surface area contributed by atoms with Gasteiger partial charge in [-0.1, -0.05) is 23.7 Å². The number of carbonyl (C=O) groups is 4. The van der Waals surface area contributed by atoms with Crippen molar-refractivity contribution in [3.8, 4) is 11.8 Å². The number of halogens is 1. The minimum absolute atomic E-state index is 0.0303. The molecule has 14 heteroatoms. The van der Waals surface area contributed by atoms with E-state index in [-0.39, 0.29) is 42.2 Å². The molecule has 13 nitrogen and oxygen atoms in total. The van der Waals surface area contributed by atoms with Crippen LogP contribution >= 0.6 is 11.6 Å². The van der Waals surface area contributed by atoms with Crippen LogP contribution in [0.15, 0.2) is 48.5 Å². The van der Waals surface area contributed by atoms with Crippen LogP contribution in [0.1, 0.15) is 108 Å². The summed E-state index contributed by atoms with van der Waals surface area (Å²) in [5.74, 6) is 1.52. The number of likely N-dealkylation sites (tertiary alicyclic amines) is 1. The molecule has 3 saturated heterocycles. The van der Waals surface area contributed by atoms with Crippen molar-refractivity contribution in [1.82, 2.24) is 30.6 Å². The lowest BCUT2D eigenvalue weighted by Crippen LogP contribution is -2.52. The van der Waals surface area contributed by atoms with Crippen molar-refractivity contribution in [2.75, 3.05) is 37.6 Å². The predicted octanol–water partition coefficient (Wildman–Crippen LogP) is 4.98. The number of rotatable bonds is 9. The van der Waals surface area contributed by atoms with Crippen molar-refractivity contribution >= 4 is 41.0 Å². The third kappa shape index (κ3) is 8.37. The first-order valence-corrected chi connectivity index (χ1v) is 20.3. The van der Waals surface area contributed by atoms with Crippen LogP contribution in [-0.2, 0) is 16.1 Å². The SMILES string of the molecule is N#Cc1ccc(O[C@H]2CC[C@H](NC(=O)c3ccc(N4CCC(CN5CCC(c6ccc7c(c6)CN(C6CCC(=O)NC6=O)C7=O)CC5)CC4)nn3)CC2)cc1Cl. The topological polar surface area (TPSA) is 161 Å². The first-order valence-electron chi connectivity index (χ1n) is 20.0. The van der Waals surface area contributed by atoms with Crippen molar-refractivity contribution < 1.29 is 23.9 Å². The number of nitriles is 1. The smallest absolute Gasteiger partial charge is 0.272 e. The van der Waals surface area contributed by atoms with E-state index in [1.54, 1.807) is 29.2 Å². The van der Waals surface area contributed by atoms with Gasteiger partial charge in [0.05, 0.1) is 16.7 Å². The minimum atomic E-state index is -0.591. The second-order valence-electron chi connectivity index (χ2n) is 15.9. The average molecular weight is 779 g/mol. The number of carbonyl (C=O) groups excluding carboxylic acids is 4. The molecule has 1 saturated carbocycles. The molecule has 8 rings (SSSR count). The van der Waals surface area contributed by atoms with Crippen LogP contribution < -0.4 is 20.3 Å². The lowest BCUT2D eigenvalue weighted by atomic mass is 9.87. The number of anilines is 1. The van der Waals surface area contributed by atoms with Crippen LogP contribution in [-0.4, -0.2) is 94.5 Å². The maximum Gasteiger partial charge on any atom is 0.272 e. The van der Waals surface area contributed by atoms with Crippen molar-refractivity contribution in [3.63, 3.8) is 0 Å². The maximum atomic E-state index is 13.1. The molecular formula is C42H47ClN8O5. The number of fused-ring (bicyclic) bond motifs is 1. The Balaban J connectivity index is 0.743. The Morgan fingerprint density at radius 1 is 0.911 bits per heavy atom. The summed E-state index contributed by atoms with van der Waals surface area (Å²) < 4.78 is 6.08. The van der Waals surface area contributed by atoms with Crippen molar-refractivity contribution in [1.29, 1.82) is 5.26 Å². The maximum absolute atomic E-state index is 13.1. The van der Waals surface area contributed by atoms with Gasteiger partial charge < -0.3 is 24.8 Å². The van der Waals surface area contributed by atoms with Gasteiger partial charge in [-0.2, -0.15) is 5.26 Å². The van der Waals surface area contributed by atoms with E-state index < -0.39 is 6.04 Å². The average Bonchev–Trinajstić information content (AvgIpc) is 3.54. The summed E-state index contributed by atoms with van der Waals surface area (Å²) in [6.45, 7) is 5.40. The van der Waals surface area contributed by atoms with Gasteiger partial charge in [-0.15, -0.1) is 10.2 Å². The lowest BCUT2D eigenvalue weighted by molar-refractivity contribution is -0.136. The number of hydrogen-bond acceptors (Lipinski definition) is 10. The first kappa shape index (κ1) is 37.8.